The number of halogens is 1. The third-order valence-electron chi connectivity index (χ3n) is 1.89. The summed E-state index contributed by atoms with van der Waals surface area (Å²) in [7, 11) is 1.37. The molecule has 1 aromatic rings. The first kappa shape index (κ1) is 12.2. The molecule has 3 nitrogen and oxygen atoms in total. The van der Waals surface area contributed by atoms with Crippen molar-refractivity contribution in [3.8, 4) is 0 Å². The van der Waals surface area contributed by atoms with Crippen molar-refractivity contribution in [2.75, 3.05) is 13.7 Å². The smallest absolute Gasteiger partial charge is 0.307 e. The maximum atomic E-state index is 10.8. The molecule has 0 heterocycles. The molecule has 0 bridgehead atoms. The van der Waals surface area contributed by atoms with E-state index in [1.807, 2.05) is 24.3 Å². The van der Waals surface area contributed by atoms with Crippen LogP contribution in [-0.2, 0) is 20.9 Å². The molecule has 1 rings (SSSR count). The fourth-order valence-electron chi connectivity index (χ4n) is 1.06. The average molecular weight is 273 g/mol. The van der Waals surface area contributed by atoms with Crippen molar-refractivity contribution in [1.82, 2.24) is 0 Å². The van der Waals surface area contributed by atoms with Gasteiger partial charge in [-0.15, -0.1) is 0 Å². The summed E-state index contributed by atoms with van der Waals surface area (Å²) in [6, 6.07) is 7.83. The number of methoxy groups -OCH3 is 1. The largest absolute Gasteiger partial charge is 0.469 e. The minimum atomic E-state index is -0.248. The zero-order valence-electron chi connectivity index (χ0n) is 8.53. The Kier molecular flexibility index (Phi) is 5.36. The second-order valence-electron chi connectivity index (χ2n) is 2.97. The summed E-state index contributed by atoms with van der Waals surface area (Å²) in [4.78, 5) is 10.8. The predicted octanol–water partition coefficient (Wildman–Crippen LogP) is 2.53. The number of ether oxygens (including phenoxy) is 2. The summed E-state index contributed by atoms with van der Waals surface area (Å²) in [6.07, 6.45) is 0.293. The quantitative estimate of drug-likeness (QED) is 0.611. The highest BCUT2D eigenvalue weighted by molar-refractivity contribution is 9.10. The van der Waals surface area contributed by atoms with E-state index < -0.39 is 0 Å². The van der Waals surface area contributed by atoms with Crippen molar-refractivity contribution in [3.05, 3.63) is 34.3 Å². The number of hydrogen-bond acceptors (Lipinski definition) is 3. The van der Waals surface area contributed by atoms with Crippen LogP contribution in [0.1, 0.15) is 12.0 Å². The molecule has 15 heavy (non-hydrogen) atoms. The third kappa shape index (κ3) is 4.44. The van der Waals surface area contributed by atoms with Gasteiger partial charge in [-0.25, -0.2) is 0 Å². The van der Waals surface area contributed by atoms with Crippen molar-refractivity contribution in [2.24, 2.45) is 0 Å². The molecular weight excluding hydrogens is 260 g/mol. The van der Waals surface area contributed by atoms with Crippen LogP contribution < -0.4 is 0 Å². The molecule has 0 saturated heterocycles. The lowest BCUT2D eigenvalue weighted by atomic mass is 10.2. The van der Waals surface area contributed by atoms with E-state index in [-0.39, 0.29) is 5.97 Å². The average Bonchev–Trinajstić information content (AvgIpc) is 2.26. The van der Waals surface area contributed by atoms with Gasteiger partial charge >= 0.3 is 5.97 Å². The normalized spacial score (nSPS) is 10.0. The Bertz CT molecular complexity index is 325. The van der Waals surface area contributed by atoms with Gasteiger partial charge in [0, 0.05) is 4.47 Å². The van der Waals surface area contributed by atoms with Gasteiger partial charge < -0.3 is 9.47 Å². The second kappa shape index (κ2) is 6.58. The molecule has 1 aromatic carbocycles. The van der Waals surface area contributed by atoms with Crippen LogP contribution in [0.5, 0.6) is 0 Å². The van der Waals surface area contributed by atoms with E-state index >= 15 is 0 Å². The lowest BCUT2D eigenvalue weighted by molar-refractivity contribution is -0.141. The number of hydrogen-bond donors (Lipinski definition) is 0. The predicted molar refractivity (Wildman–Crippen MR) is 60.4 cm³/mol. The first-order chi connectivity index (χ1) is 7.24. The molecule has 0 saturated carbocycles. The fraction of sp³-hybridized carbons (Fsp3) is 0.364. The SMILES string of the molecule is COC(=O)CCOCc1ccccc1Br. The summed E-state index contributed by atoms with van der Waals surface area (Å²) in [6.45, 7) is 0.881. The van der Waals surface area contributed by atoms with Crippen molar-refractivity contribution >= 4 is 21.9 Å². The standard InChI is InChI=1S/C11H13BrO3/c1-14-11(13)6-7-15-8-9-4-2-3-5-10(9)12/h2-5H,6-8H2,1H3. The van der Waals surface area contributed by atoms with Crippen LogP contribution >= 0.6 is 15.9 Å². The van der Waals surface area contributed by atoms with E-state index in [1.165, 1.54) is 7.11 Å². The number of esters is 1. The highest BCUT2D eigenvalue weighted by Crippen LogP contribution is 2.16. The summed E-state index contributed by atoms with van der Waals surface area (Å²) in [5.41, 5.74) is 1.07. The van der Waals surface area contributed by atoms with Crippen LogP contribution in [-0.4, -0.2) is 19.7 Å². The Morgan fingerprint density at radius 3 is 2.80 bits per heavy atom. The molecule has 0 aliphatic heterocycles. The summed E-state index contributed by atoms with van der Waals surface area (Å²) >= 11 is 3.42. The first-order valence-electron chi connectivity index (χ1n) is 4.62. The van der Waals surface area contributed by atoms with Gasteiger partial charge in [-0.1, -0.05) is 34.1 Å². The maximum Gasteiger partial charge on any atom is 0.307 e. The molecule has 4 heteroatoms. The molecule has 0 fully saturated rings. The molecule has 0 aliphatic carbocycles. The molecule has 0 spiro atoms. The Morgan fingerprint density at radius 1 is 1.40 bits per heavy atom. The zero-order valence-corrected chi connectivity index (χ0v) is 10.1. The van der Waals surface area contributed by atoms with Gasteiger partial charge in [0.1, 0.15) is 0 Å². The van der Waals surface area contributed by atoms with E-state index in [4.69, 9.17) is 4.74 Å². The minimum absolute atomic E-state index is 0.248. The van der Waals surface area contributed by atoms with E-state index in [9.17, 15) is 4.79 Å². The maximum absolute atomic E-state index is 10.8. The number of carbonyl (C=O) groups excluding carboxylic acids is 1. The highest BCUT2D eigenvalue weighted by Gasteiger charge is 2.01. The van der Waals surface area contributed by atoms with Crippen LogP contribution in [0.25, 0.3) is 0 Å². The Morgan fingerprint density at radius 2 is 2.13 bits per heavy atom. The van der Waals surface area contributed by atoms with E-state index in [0.717, 1.165) is 10.0 Å². The first-order valence-corrected chi connectivity index (χ1v) is 5.41. The minimum Gasteiger partial charge on any atom is -0.469 e. The van der Waals surface area contributed by atoms with Crippen LogP contribution in [0.15, 0.2) is 28.7 Å². The van der Waals surface area contributed by atoms with Crippen molar-refractivity contribution in [3.63, 3.8) is 0 Å². The molecule has 0 N–H and O–H groups in total. The van der Waals surface area contributed by atoms with Crippen molar-refractivity contribution in [2.45, 2.75) is 13.0 Å². The van der Waals surface area contributed by atoms with E-state index in [0.29, 0.717) is 19.6 Å². The Balaban J connectivity index is 2.26. The highest BCUT2D eigenvalue weighted by atomic mass is 79.9. The van der Waals surface area contributed by atoms with Gasteiger partial charge in [-0.2, -0.15) is 0 Å². The summed E-state index contributed by atoms with van der Waals surface area (Å²) in [5, 5.41) is 0. The van der Waals surface area contributed by atoms with Gasteiger partial charge in [0.15, 0.2) is 0 Å². The zero-order chi connectivity index (χ0) is 11.1. The molecular formula is C11H13BrO3. The number of carbonyl (C=O) groups is 1. The van der Waals surface area contributed by atoms with Crippen LogP contribution in [0.4, 0.5) is 0 Å². The number of benzene rings is 1. The molecule has 0 unspecified atom stereocenters. The van der Waals surface area contributed by atoms with Crippen molar-refractivity contribution in [1.29, 1.82) is 0 Å². The third-order valence-corrected chi connectivity index (χ3v) is 2.67. The molecule has 0 amide bonds. The summed E-state index contributed by atoms with van der Waals surface area (Å²) < 4.78 is 10.9. The summed E-state index contributed by atoms with van der Waals surface area (Å²) in [5.74, 6) is -0.248. The van der Waals surface area contributed by atoms with Crippen LogP contribution in [0.2, 0.25) is 0 Å². The van der Waals surface area contributed by atoms with Crippen LogP contribution in [0, 0.1) is 0 Å². The van der Waals surface area contributed by atoms with Crippen molar-refractivity contribution < 1.29 is 14.3 Å². The monoisotopic (exact) mass is 272 g/mol. The van der Waals surface area contributed by atoms with Gasteiger partial charge in [-0.05, 0) is 11.6 Å². The topological polar surface area (TPSA) is 35.5 Å². The molecule has 82 valence electrons. The van der Waals surface area contributed by atoms with Gasteiger partial charge in [-0.3, -0.25) is 4.79 Å². The van der Waals surface area contributed by atoms with Gasteiger partial charge in [0.2, 0.25) is 0 Å². The molecule has 0 radical (unpaired) electrons. The van der Waals surface area contributed by atoms with Gasteiger partial charge in [0.05, 0.1) is 26.7 Å². The van der Waals surface area contributed by atoms with E-state index in [1.54, 1.807) is 0 Å². The van der Waals surface area contributed by atoms with Crippen LogP contribution in [0.3, 0.4) is 0 Å². The lowest BCUT2D eigenvalue weighted by Crippen LogP contribution is -2.05. The fourth-order valence-corrected chi connectivity index (χ4v) is 1.45. The molecule has 0 aromatic heterocycles. The van der Waals surface area contributed by atoms with E-state index in [2.05, 4.69) is 20.7 Å². The Labute approximate surface area is 97.5 Å². The Hall–Kier alpha value is -0.870. The number of rotatable bonds is 5. The molecule has 0 aliphatic rings. The second-order valence-corrected chi connectivity index (χ2v) is 3.82. The molecule has 0 atom stereocenters. The lowest BCUT2D eigenvalue weighted by Gasteiger charge is -2.05. The van der Waals surface area contributed by atoms with Gasteiger partial charge in [0.25, 0.3) is 0 Å².